The molecule has 3 nitrogen and oxygen atoms in total. The van der Waals surface area contributed by atoms with Gasteiger partial charge in [0.25, 0.3) is 0 Å². The van der Waals surface area contributed by atoms with E-state index < -0.39 is 11.4 Å². The fraction of sp³-hybridized carbons (Fsp3) is 1.00. The third-order valence-corrected chi connectivity index (χ3v) is 6.15. The van der Waals surface area contributed by atoms with Crippen LogP contribution in [0.3, 0.4) is 0 Å². The Bertz CT molecular complexity index is 284. The summed E-state index contributed by atoms with van der Waals surface area (Å²) >= 11 is -0.940. The first-order valence-corrected chi connectivity index (χ1v) is 8.37. The highest BCUT2D eigenvalue weighted by Gasteiger charge is 2.48. The Morgan fingerprint density at radius 3 is 2.44 bits per heavy atom. The predicted octanol–water partition coefficient (Wildman–Crippen LogP) is 2.21. The lowest BCUT2D eigenvalue weighted by Crippen LogP contribution is -2.52. The number of piperidine rings is 1. The van der Waals surface area contributed by atoms with Crippen molar-refractivity contribution < 1.29 is 4.55 Å². The summed E-state index contributed by atoms with van der Waals surface area (Å²) in [4.78, 5) is 0. The molecule has 1 aliphatic heterocycles. The largest absolute Gasteiger partial charge is 0.598 e. The maximum absolute atomic E-state index is 12.3. The van der Waals surface area contributed by atoms with Gasteiger partial charge in [-0.3, -0.25) is 0 Å². The number of nitrogens with one attached hydrogen (secondary N) is 2. The highest BCUT2D eigenvalue weighted by Crippen LogP contribution is 2.48. The molecule has 2 N–H and O–H groups in total. The van der Waals surface area contributed by atoms with Crippen LogP contribution in [0.5, 0.6) is 0 Å². The fourth-order valence-corrected chi connectivity index (χ4v) is 4.49. The summed E-state index contributed by atoms with van der Waals surface area (Å²) in [6.45, 7) is 10.7. The Morgan fingerprint density at radius 2 is 1.89 bits per heavy atom. The van der Waals surface area contributed by atoms with Gasteiger partial charge in [0.1, 0.15) is 4.75 Å². The van der Waals surface area contributed by atoms with E-state index in [1.54, 1.807) is 0 Å². The first-order valence-electron chi connectivity index (χ1n) is 7.22. The molecule has 2 rings (SSSR count). The highest BCUT2D eigenvalue weighted by molar-refractivity contribution is 7.90. The lowest BCUT2D eigenvalue weighted by atomic mass is 9.74. The second kappa shape index (κ2) is 5.31. The molecule has 0 aromatic rings. The normalized spacial score (nSPS) is 33.8. The Hall–Kier alpha value is 0.230. The van der Waals surface area contributed by atoms with Crippen LogP contribution in [0.15, 0.2) is 0 Å². The van der Waals surface area contributed by atoms with Crippen molar-refractivity contribution in [2.75, 3.05) is 13.1 Å². The van der Waals surface area contributed by atoms with E-state index in [2.05, 4.69) is 17.0 Å². The average Bonchev–Trinajstić information content (AvgIpc) is 2.54. The third-order valence-electron chi connectivity index (χ3n) is 4.54. The van der Waals surface area contributed by atoms with Gasteiger partial charge in [-0.15, -0.1) is 4.72 Å². The Labute approximate surface area is 115 Å². The Morgan fingerprint density at radius 1 is 1.28 bits per heavy atom. The van der Waals surface area contributed by atoms with Crippen molar-refractivity contribution in [2.45, 2.75) is 64.2 Å². The minimum atomic E-state index is -0.940. The van der Waals surface area contributed by atoms with E-state index in [9.17, 15) is 4.55 Å². The molecule has 4 heteroatoms. The quantitative estimate of drug-likeness (QED) is 0.758. The molecule has 0 aromatic carbocycles. The van der Waals surface area contributed by atoms with Gasteiger partial charge in [0.2, 0.25) is 0 Å². The molecule has 2 fully saturated rings. The number of hydrogen-bond donors (Lipinski definition) is 2. The standard InChI is InChI=1S/C14H28N2OS/c1-11-9-12(16-18(17)13(2,3)4)14(10-11)5-7-15-8-6-14/h11-12,15-16H,5-10H2,1-4H3/t11-,12+,18?/m0/s1. The lowest BCUT2D eigenvalue weighted by molar-refractivity contribution is 0.170. The monoisotopic (exact) mass is 272 g/mol. The fourth-order valence-electron chi connectivity index (χ4n) is 3.53. The maximum atomic E-state index is 12.3. The molecular weight excluding hydrogens is 244 g/mol. The summed E-state index contributed by atoms with van der Waals surface area (Å²) in [7, 11) is 0. The van der Waals surface area contributed by atoms with E-state index >= 15 is 0 Å². The minimum absolute atomic E-state index is 0.167. The first-order chi connectivity index (χ1) is 8.33. The van der Waals surface area contributed by atoms with Crippen LogP contribution in [-0.2, 0) is 11.4 Å². The van der Waals surface area contributed by atoms with Gasteiger partial charge in [0.05, 0.1) is 6.04 Å². The van der Waals surface area contributed by atoms with E-state index in [0.29, 0.717) is 11.5 Å². The number of rotatable bonds is 2. The third kappa shape index (κ3) is 3.03. The van der Waals surface area contributed by atoms with Gasteiger partial charge >= 0.3 is 0 Å². The predicted molar refractivity (Wildman–Crippen MR) is 77.8 cm³/mol. The molecular formula is C14H28N2OS. The van der Waals surface area contributed by atoms with Crippen LogP contribution in [0.1, 0.15) is 53.4 Å². The van der Waals surface area contributed by atoms with Crippen molar-refractivity contribution in [2.24, 2.45) is 11.3 Å². The topological polar surface area (TPSA) is 47.1 Å². The summed E-state index contributed by atoms with van der Waals surface area (Å²) in [5.74, 6) is 0.762. The van der Waals surface area contributed by atoms with Crippen molar-refractivity contribution in [3.63, 3.8) is 0 Å². The lowest BCUT2D eigenvalue weighted by Gasteiger charge is -2.40. The van der Waals surface area contributed by atoms with E-state index in [1.165, 1.54) is 25.7 Å². The van der Waals surface area contributed by atoms with Gasteiger partial charge in [-0.05, 0) is 70.9 Å². The molecule has 3 atom stereocenters. The molecule has 1 saturated carbocycles. The summed E-state index contributed by atoms with van der Waals surface area (Å²) in [5, 5.41) is 3.45. The zero-order valence-corrected chi connectivity index (χ0v) is 13.0. The Balaban J connectivity index is 2.05. The highest BCUT2D eigenvalue weighted by atomic mass is 32.2. The summed E-state index contributed by atoms with van der Waals surface area (Å²) in [6, 6.07) is 0.439. The SMILES string of the molecule is C[C@H]1C[C@@H](N[S+]([O-])C(C)(C)C)C2(CCNCC2)C1. The van der Waals surface area contributed by atoms with E-state index in [-0.39, 0.29) is 4.75 Å². The van der Waals surface area contributed by atoms with Gasteiger partial charge in [-0.2, -0.15) is 0 Å². The minimum Gasteiger partial charge on any atom is -0.598 e. The molecule has 0 radical (unpaired) electrons. The molecule has 1 saturated heterocycles. The van der Waals surface area contributed by atoms with Crippen LogP contribution in [0.2, 0.25) is 0 Å². The smallest absolute Gasteiger partial charge is 0.136 e. The average molecular weight is 272 g/mol. The van der Waals surface area contributed by atoms with E-state index in [4.69, 9.17) is 0 Å². The van der Waals surface area contributed by atoms with Gasteiger partial charge in [-0.1, -0.05) is 6.92 Å². The van der Waals surface area contributed by atoms with Gasteiger partial charge in [0.15, 0.2) is 0 Å². The molecule has 106 valence electrons. The molecule has 0 aromatic heterocycles. The van der Waals surface area contributed by atoms with Crippen LogP contribution in [0.4, 0.5) is 0 Å². The zero-order chi connectivity index (χ0) is 13.4. The summed E-state index contributed by atoms with van der Waals surface area (Å²) in [6.07, 6.45) is 4.95. The molecule has 1 spiro atoms. The molecule has 0 bridgehead atoms. The van der Waals surface area contributed by atoms with Crippen LogP contribution >= 0.6 is 0 Å². The van der Waals surface area contributed by atoms with Gasteiger partial charge in [0, 0.05) is 11.4 Å². The molecule has 18 heavy (non-hydrogen) atoms. The van der Waals surface area contributed by atoms with Crippen LogP contribution in [-0.4, -0.2) is 28.4 Å². The Kier molecular flexibility index (Phi) is 4.32. The summed E-state index contributed by atoms with van der Waals surface area (Å²) < 4.78 is 15.6. The van der Waals surface area contributed by atoms with Crippen molar-refractivity contribution >= 4 is 11.4 Å². The molecule has 0 amide bonds. The van der Waals surface area contributed by atoms with Crippen molar-refractivity contribution in [3.8, 4) is 0 Å². The van der Waals surface area contributed by atoms with Gasteiger partial charge < -0.3 is 9.87 Å². The first kappa shape index (κ1) is 14.6. The van der Waals surface area contributed by atoms with Crippen molar-refractivity contribution in [1.29, 1.82) is 0 Å². The van der Waals surface area contributed by atoms with Crippen molar-refractivity contribution in [1.82, 2.24) is 10.0 Å². The maximum Gasteiger partial charge on any atom is 0.136 e. The van der Waals surface area contributed by atoms with Crippen LogP contribution < -0.4 is 10.0 Å². The van der Waals surface area contributed by atoms with Crippen molar-refractivity contribution in [3.05, 3.63) is 0 Å². The number of hydrogen-bond acceptors (Lipinski definition) is 3. The molecule has 1 unspecified atom stereocenters. The molecule has 1 heterocycles. The summed E-state index contributed by atoms with van der Waals surface area (Å²) in [5.41, 5.74) is 0.394. The van der Waals surface area contributed by atoms with E-state index in [0.717, 1.165) is 19.0 Å². The van der Waals surface area contributed by atoms with E-state index in [1.807, 2.05) is 20.8 Å². The second-order valence-corrected chi connectivity index (χ2v) is 9.21. The van der Waals surface area contributed by atoms with Gasteiger partial charge in [-0.25, -0.2) is 0 Å². The van der Waals surface area contributed by atoms with Crippen LogP contribution in [0, 0.1) is 11.3 Å². The second-order valence-electron chi connectivity index (χ2n) is 7.21. The van der Waals surface area contributed by atoms with Crippen LogP contribution in [0.25, 0.3) is 0 Å². The molecule has 1 aliphatic carbocycles. The zero-order valence-electron chi connectivity index (χ0n) is 12.2. The molecule has 2 aliphatic rings.